The van der Waals surface area contributed by atoms with E-state index in [1.807, 2.05) is 12.1 Å². The van der Waals surface area contributed by atoms with Crippen LogP contribution < -0.4 is 9.46 Å². The van der Waals surface area contributed by atoms with E-state index in [0.717, 1.165) is 5.56 Å². The molecule has 0 aliphatic heterocycles. The number of aromatic amines is 1. The molecule has 2 N–H and O–H groups in total. The van der Waals surface area contributed by atoms with E-state index in [0.29, 0.717) is 28.3 Å². The Balaban J connectivity index is 1.66. The van der Waals surface area contributed by atoms with Crippen molar-refractivity contribution in [2.45, 2.75) is 4.90 Å². The molecule has 8 heteroatoms. The lowest BCUT2D eigenvalue weighted by Crippen LogP contribution is -2.12. The number of hydrogen-bond acceptors (Lipinski definition) is 5. The van der Waals surface area contributed by atoms with Crippen LogP contribution >= 0.6 is 0 Å². The van der Waals surface area contributed by atoms with Gasteiger partial charge < -0.3 is 9.72 Å². The first-order valence-corrected chi connectivity index (χ1v) is 9.60. The third-order valence-electron chi connectivity index (χ3n) is 4.06. The molecule has 27 heavy (non-hydrogen) atoms. The SMILES string of the molecule is COc1ccc(NS(=O)(=O)c2ccc3nc(-c4ccncc4)[nH]c3c2)cc1. The van der Waals surface area contributed by atoms with Gasteiger partial charge in [-0.25, -0.2) is 13.4 Å². The van der Waals surface area contributed by atoms with Crippen molar-refractivity contribution in [3.63, 3.8) is 0 Å². The van der Waals surface area contributed by atoms with Crippen LogP contribution in [0.5, 0.6) is 5.75 Å². The van der Waals surface area contributed by atoms with Crippen LogP contribution in [0.3, 0.4) is 0 Å². The Kier molecular flexibility index (Phi) is 4.25. The Bertz CT molecular complexity index is 1190. The van der Waals surface area contributed by atoms with Gasteiger partial charge >= 0.3 is 0 Å². The second-order valence-electron chi connectivity index (χ2n) is 5.83. The largest absolute Gasteiger partial charge is 0.497 e. The average Bonchev–Trinajstić information content (AvgIpc) is 3.12. The van der Waals surface area contributed by atoms with Crippen molar-refractivity contribution in [3.05, 3.63) is 67.0 Å². The fourth-order valence-corrected chi connectivity index (χ4v) is 3.76. The summed E-state index contributed by atoms with van der Waals surface area (Å²) in [5.41, 5.74) is 2.66. The van der Waals surface area contributed by atoms with Crippen LogP contribution in [0.2, 0.25) is 0 Å². The number of hydrogen-bond donors (Lipinski definition) is 2. The molecule has 0 unspecified atom stereocenters. The van der Waals surface area contributed by atoms with Gasteiger partial charge in [0.15, 0.2) is 0 Å². The van der Waals surface area contributed by atoms with Gasteiger partial charge in [-0.15, -0.1) is 0 Å². The second-order valence-corrected chi connectivity index (χ2v) is 7.52. The van der Waals surface area contributed by atoms with Crippen LogP contribution in [0.25, 0.3) is 22.4 Å². The van der Waals surface area contributed by atoms with Gasteiger partial charge in [-0.3, -0.25) is 9.71 Å². The highest BCUT2D eigenvalue weighted by molar-refractivity contribution is 7.92. The molecular formula is C19H16N4O3S. The topological polar surface area (TPSA) is 97.0 Å². The van der Waals surface area contributed by atoms with Crippen molar-refractivity contribution >= 4 is 26.7 Å². The minimum absolute atomic E-state index is 0.149. The van der Waals surface area contributed by atoms with Gasteiger partial charge in [0.25, 0.3) is 10.0 Å². The molecule has 4 aromatic rings. The number of imidazole rings is 1. The molecule has 0 saturated carbocycles. The molecule has 7 nitrogen and oxygen atoms in total. The molecule has 0 radical (unpaired) electrons. The summed E-state index contributed by atoms with van der Waals surface area (Å²) in [6, 6.07) is 15.1. The number of aromatic nitrogens is 3. The standard InChI is InChI=1S/C19H16N4O3S/c1-26-15-4-2-14(3-5-15)23-27(24,25)16-6-7-17-18(12-16)22-19(21-17)13-8-10-20-11-9-13/h2-12,23H,1H3,(H,21,22). The van der Waals surface area contributed by atoms with E-state index in [9.17, 15) is 8.42 Å². The summed E-state index contributed by atoms with van der Waals surface area (Å²) in [5.74, 6) is 1.31. The van der Waals surface area contributed by atoms with Crippen LogP contribution in [0.1, 0.15) is 0 Å². The number of nitrogens with one attached hydrogen (secondary N) is 2. The lowest BCUT2D eigenvalue weighted by molar-refractivity contribution is 0.415. The fraction of sp³-hybridized carbons (Fsp3) is 0.0526. The van der Waals surface area contributed by atoms with Gasteiger partial charge in [-0.1, -0.05) is 0 Å². The third-order valence-corrected chi connectivity index (χ3v) is 5.44. The Labute approximate surface area is 156 Å². The molecule has 4 rings (SSSR count). The third kappa shape index (κ3) is 3.47. The highest BCUT2D eigenvalue weighted by Crippen LogP contribution is 2.24. The lowest BCUT2D eigenvalue weighted by atomic mass is 10.3. The molecule has 2 aromatic carbocycles. The summed E-state index contributed by atoms with van der Waals surface area (Å²) >= 11 is 0. The Morgan fingerprint density at radius 2 is 1.74 bits per heavy atom. The predicted molar refractivity (Wildman–Crippen MR) is 103 cm³/mol. The van der Waals surface area contributed by atoms with Gasteiger partial charge in [0.2, 0.25) is 0 Å². The number of H-pyrrole nitrogens is 1. The number of nitrogens with zero attached hydrogens (tertiary/aromatic N) is 2. The molecule has 0 aliphatic rings. The van der Waals surface area contributed by atoms with E-state index >= 15 is 0 Å². The van der Waals surface area contributed by atoms with E-state index < -0.39 is 10.0 Å². The maximum absolute atomic E-state index is 12.7. The van der Waals surface area contributed by atoms with Gasteiger partial charge in [0, 0.05) is 23.6 Å². The maximum atomic E-state index is 12.7. The number of ether oxygens (including phenoxy) is 1. The van der Waals surface area contributed by atoms with Gasteiger partial charge in [-0.05, 0) is 54.6 Å². The smallest absolute Gasteiger partial charge is 0.261 e. The van der Waals surface area contributed by atoms with Crippen molar-refractivity contribution in [1.82, 2.24) is 15.0 Å². The average molecular weight is 380 g/mol. The van der Waals surface area contributed by atoms with E-state index in [1.54, 1.807) is 55.9 Å². The van der Waals surface area contributed by atoms with Gasteiger partial charge in [0.05, 0.1) is 23.0 Å². The number of pyridine rings is 1. The molecule has 2 heterocycles. The van der Waals surface area contributed by atoms with Crippen molar-refractivity contribution in [1.29, 1.82) is 0 Å². The lowest BCUT2D eigenvalue weighted by Gasteiger charge is -2.08. The molecule has 0 saturated heterocycles. The zero-order chi connectivity index (χ0) is 18.9. The first-order chi connectivity index (χ1) is 13.0. The normalized spacial score (nSPS) is 11.4. The predicted octanol–water partition coefficient (Wildman–Crippen LogP) is 3.43. The molecule has 0 amide bonds. The summed E-state index contributed by atoms with van der Waals surface area (Å²) in [5, 5.41) is 0. The Hall–Kier alpha value is -3.39. The minimum atomic E-state index is -3.73. The zero-order valence-corrected chi connectivity index (χ0v) is 15.2. The monoisotopic (exact) mass is 380 g/mol. The number of methoxy groups -OCH3 is 1. The van der Waals surface area contributed by atoms with Gasteiger partial charge in [-0.2, -0.15) is 0 Å². The van der Waals surface area contributed by atoms with E-state index in [4.69, 9.17) is 4.74 Å². The molecule has 0 atom stereocenters. The summed E-state index contributed by atoms with van der Waals surface area (Å²) in [6.45, 7) is 0. The quantitative estimate of drug-likeness (QED) is 0.553. The molecule has 0 fully saturated rings. The van der Waals surface area contributed by atoms with Crippen molar-refractivity contribution in [2.75, 3.05) is 11.8 Å². The van der Waals surface area contributed by atoms with Crippen molar-refractivity contribution in [2.24, 2.45) is 0 Å². The summed E-state index contributed by atoms with van der Waals surface area (Å²) < 4.78 is 33.0. The first kappa shape index (κ1) is 17.0. The Morgan fingerprint density at radius 3 is 2.44 bits per heavy atom. The van der Waals surface area contributed by atoms with E-state index in [1.165, 1.54) is 6.07 Å². The van der Waals surface area contributed by atoms with Crippen LogP contribution in [0, 0.1) is 0 Å². The first-order valence-electron chi connectivity index (χ1n) is 8.12. The number of rotatable bonds is 5. The van der Waals surface area contributed by atoms with E-state index in [2.05, 4.69) is 19.7 Å². The molecule has 2 aromatic heterocycles. The van der Waals surface area contributed by atoms with Crippen LogP contribution in [0.15, 0.2) is 71.9 Å². The molecule has 0 bridgehead atoms. The summed E-state index contributed by atoms with van der Waals surface area (Å²) in [4.78, 5) is 11.8. The van der Waals surface area contributed by atoms with Crippen LogP contribution in [0.4, 0.5) is 5.69 Å². The van der Waals surface area contributed by atoms with Crippen LogP contribution in [-0.4, -0.2) is 30.5 Å². The zero-order valence-electron chi connectivity index (χ0n) is 14.4. The number of fused-ring (bicyclic) bond motifs is 1. The van der Waals surface area contributed by atoms with Gasteiger partial charge in [0.1, 0.15) is 11.6 Å². The van der Waals surface area contributed by atoms with Crippen LogP contribution in [-0.2, 0) is 10.0 Å². The number of sulfonamides is 1. The van der Waals surface area contributed by atoms with E-state index in [-0.39, 0.29) is 4.90 Å². The number of anilines is 1. The van der Waals surface area contributed by atoms with Crippen molar-refractivity contribution < 1.29 is 13.2 Å². The Morgan fingerprint density at radius 1 is 1.00 bits per heavy atom. The molecule has 0 aliphatic carbocycles. The second kappa shape index (κ2) is 6.73. The molecule has 136 valence electrons. The number of benzene rings is 2. The van der Waals surface area contributed by atoms with Crippen molar-refractivity contribution in [3.8, 4) is 17.1 Å². The molecule has 0 spiro atoms. The fourth-order valence-electron chi connectivity index (χ4n) is 2.68. The summed E-state index contributed by atoms with van der Waals surface area (Å²) in [7, 11) is -2.17. The molecular weight excluding hydrogens is 364 g/mol. The minimum Gasteiger partial charge on any atom is -0.497 e. The maximum Gasteiger partial charge on any atom is 0.261 e. The highest BCUT2D eigenvalue weighted by atomic mass is 32.2. The highest BCUT2D eigenvalue weighted by Gasteiger charge is 2.16. The summed E-state index contributed by atoms with van der Waals surface area (Å²) in [6.07, 6.45) is 3.36.